The second kappa shape index (κ2) is 12.2. The maximum absolute atomic E-state index is 12.2. The number of hydrogen-bond donors (Lipinski definition) is 2. The van der Waals surface area contributed by atoms with Crippen LogP contribution in [0.4, 0.5) is 0 Å². The third-order valence-corrected chi connectivity index (χ3v) is 5.95. The first-order valence-electron chi connectivity index (χ1n) is 9.22. The van der Waals surface area contributed by atoms with E-state index in [0.717, 1.165) is 38.5 Å². The standard InChI is InChI=1S/C18H31NO5S/c1-2-3-6-9-15(20)11-12-17-19(16(21)14-25(17)24)13-8-5-4-7-10-18(22)23/h11,17,20H,2-10,12-14H2,1H3,(H,22,23). The minimum absolute atomic E-state index is 0.0636. The van der Waals surface area contributed by atoms with Crippen molar-refractivity contribution in [2.45, 2.75) is 76.5 Å². The number of aliphatic hydroxyl groups excluding tert-OH is 1. The second-order valence-corrected chi connectivity index (χ2v) is 8.11. The van der Waals surface area contributed by atoms with E-state index >= 15 is 0 Å². The summed E-state index contributed by atoms with van der Waals surface area (Å²) in [5.74, 6) is -0.490. The van der Waals surface area contributed by atoms with Crippen LogP contribution in [0.2, 0.25) is 0 Å². The quantitative estimate of drug-likeness (QED) is 0.293. The number of nitrogens with zero attached hydrogens (tertiary/aromatic N) is 1. The highest BCUT2D eigenvalue weighted by molar-refractivity contribution is 7.93. The van der Waals surface area contributed by atoms with Crippen molar-refractivity contribution in [3.8, 4) is 0 Å². The van der Waals surface area contributed by atoms with Crippen molar-refractivity contribution in [1.82, 2.24) is 4.90 Å². The molecule has 0 saturated carbocycles. The molecule has 1 fully saturated rings. The number of carbonyl (C=O) groups excluding carboxylic acids is 1. The Morgan fingerprint density at radius 3 is 2.56 bits per heavy atom. The number of carboxylic acid groups (broad SMARTS) is 1. The van der Waals surface area contributed by atoms with Crippen molar-refractivity contribution in [3.63, 3.8) is 0 Å². The molecule has 1 aliphatic rings. The fourth-order valence-electron chi connectivity index (χ4n) is 2.91. The minimum Gasteiger partial charge on any atom is -0.614 e. The molecule has 7 heteroatoms. The number of rotatable bonds is 13. The summed E-state index contributed by atoms with van der Waals surface area (Å²) in [6.45, 7) is 2.65. The van der Waals surface area contributed by atoms with Gasteiger partial charge in [0.25, 0.3) is 5.91 Å². The van der Waals surface area contributed by atoms with Crippen LogP contribution in [0.3, 0.4) is 0 Å². The van der Waals surface area contributed by atoms with Crippen LogP contribution in [0.15, 0.2) is 11.8 Å². The Morgan fingerprint density at radius 1 is 1.20 bits per heavy atom. The summed E-state index contributed by atoms with van der Waals surface area (Å²) < 4.78 is 12.2. The molecule has 0 aromatic heterocycles. The average Bonchev–Trinajstić information content (AvgIpc) is 2.82. The molecule has 6 nitrogen and oxygen atoms in total. The highest BCUT2D eigenvalue weighted by atomic mass is 32.2. The molecular weight excluding hydrogens is 342 g/mol. The van der Waals surface area contributed by atoms with Gasteiger partial charge in [-0.3, -0.25) is 14.5 Å². The van der Waals surface area contributed by atoms with Crippen molar-refractivity contribution in [2.24, 2.45) is 0 Å². The number of carbonyl (C=O) groups is 2. The van der Waals surface area contributed by atoms with E-state index in [-0.39, 0.29) is 23.5 Å². The summed E-state index contributed by atoms with van der Waals surface area (Å²) in [6, 6.07) is 0. The second-order valence-electron chi connectivity index (χ2n) is 6.51. The zero-order valence-electron chi connectivity index (χ0n) is 15.1. The number of aliphatic hydroxyl groups is 1. The fourth-order valence-corrected chi connectivity index (χ4v) is 4.33. The molecule has 0 spiro atoms. The van der Waals surface area contributed by atoms with E-state index < -0.39 is 17.1 Å². The zero-order chi connectivity index (χ0) is 18.7. The normalized spacial score (nSPS) is 21.1. The third-order valence-electron chi connectivity index (χ3n) is 4.37. The van der Waals surface area contributed by atoms with Gasteiger partial charge in [-0.2, -0.15) is 0 Å². The van der Waals surface area contributed by atoms with Gasteiger partial charge in [-0.1, -0.05) is 32.6 Å². The third kappa shape index (κ3) is 8.63. The molecule has 0 aromatic carbocycles. The number of aliphatic carboxylic acids is 1. The zero-order valence-corrected chi connectivity index (χ0v) is 15.9. The van der Waals surface area contributed by atoms with Gasteiger partial charge >= 0.3 is 5.97 Å². The number of carboxylic acids is 1. The molecule has 144 valence electrons. The van der Waals surface area contributed by atoms with Gasteiger partial charge < -0.3 is 14.8 Å². The molecule has 0 bridgehead atoms. The topological polar surface area (TPSA) is 101 Å². The number of unbranched alkanes of at least 4 members (excludes halogenated alkanes) is 5. The lowest BCUT2D eigenvalue weighted by molar-refractivity contribution is -0.137. The first kappa shape index (κ1) is 21.8. The first-order valence-corrected chi connectivity index (χ1v) is 10.6. The molecule has 2 atom stereocenters. The molecular formula is C18H31NO5S. The molecule has 2 unspecified atom stereocenters. The van der Waals surface area contributed by atoms with Crippen LogP contribution in [0.1, 0.15) is 71.1 Å². The Morgan fingerprint density at radius 2 is 1.88 bits per heavy atom. The molecule has 2 N–H and O–H groups in total. The van der Waals surface area contributed by atoms with Gasteiger partial charge in [0.05, 0.1) is 5.76 Å². The molecule has 1 saturated heterocycles. The number of amides is 1. The van der Waals surface area contributed by atoms with Crippen LogP contribution in [0.25, 0.3) is 0 Å². The van der Waals surface area contributed by atoms with E-state index in [0.29, 0.717) is 31.6 Å². The molecule has 1 rings (SSSR count). The maximum Gasteiger partial charge on any atom is 0.303 e. The molecule has 25 heavy (non-hydrogen) atoms. The van der Waals surface area contributed by atoms with Gasteiger partial charge in [-0.25, -0.2) is 0 Å². The van der Waals surface area contributed by atoms with Crippen LogP contribution >= 0.6 is 0 Å². The molecule has 1 amide bonds. The average molecular weight is 374 g/mol. The van der Waals surface area contributed by atoms with E-state index in [9.17, 15) is 19.2 Å². The summed E-state index contributed by atoms with van der Waals surface area (Å²) in [5, 5.41) is 18.2. The summed E-state index contributed by atoms with van der Waals surface area (Å²) in [4.78, 5) is 24.2. The SMILES string of the molecule is CCCCCC(O)=CCC1N(CCCCCCC(=O)O)C(=O)C[S+]1[O-]. The van der Waals surface area contributed by atoms with Gasteiger partial charge in [-0.15, -0.1) is 0 Å². The monoisotopic (exact) mass is 373 g/mol. The highest BCUT2D eigenvalue weighted by Gasteiger charge is 2.41. The van der Waals surface area contributed by atoms with Crippen molar-refractivity contribution < 1.29 is 24.4 Å². The summed E-state index contributed by atoms with van der Waals surface area (Å²) >= 11 is -1.22. The number of allylic oxidation sites excluding steroid dienone is 1. The molecule has 0 aliphatic carbocycles. The van der Waals surface area contributed by atoms with Crippen molar-refractivity contribution in [3.05, 3.63) is 11.8 Å². The predicted octanol–water partition coefficient (Wildman–Crippen LogP) is 3.35. The van der Waals surface area contributed by atoms with E-state index in [4.69, 9.17) is 5.11 Å². The number of hydrogen-bond acceptors (Lipinski definition) is 4. The van der Waals surface area contributed by atoms with Gasteiger partial charge in [0.2, 0.25) is 0 Å². The van der Waals surface area contributed by atoms with Gasteiger partial charge in [-0.05, 0) is 36.5 Å². The van der Waals surface area contributed by atoms with Gasteiger partial charge in [0, 0.05) is 25.8 Å². The Kier molecular flexibility index (Phi) is 10.6. The Labute approximate surface area is 153 Å². The van der Waals surface area contributed by atoms with E-state index in [2.05, 4.69) is 6.92 Å². The summed E-state index contributed by atoms with van der Waals surface area (Å²) in [5.41, 5.74) is 0. The van der Waals surface area contributed by atoms with Crippen molar-refractivity contribution in [1.29, 1.82) is 0 Å². The van der Waals surface area contributed by atoms with Gasteiger partial charge in [0.15, 0.2) is 11.1 Å². The van der Waals surface area contributed by atoms with Crippen LogP contribution < -0.4 is 0 Å². The van der Waals surface area contributed by atoms with Crippen LogP contribution in [0, 0.1) is 0 Å². The van der Waals surface area contributed by atoms with E-state index in [1.165, 1.54) is 0 Å². The molecule has 1 heterocycles. The molecule has 1 aliphatic heterocycles. The van der Waals surface area contributed by atoms with Crippen molar-refractivity contribution in [2.75, 3.05) is 12.3 Å². The lowest BCUT2D eigenvalue weighted by Crippen LogP contribution is -2.36. The fraction of sp³-hybridized carbons (Fsp3) is 0.778. The lowest BCUT2D eigenvalue weighted by Gasteiger charge is -2.22. The van der Waals surface area contributed by atoms with Crippen LogP contribution in [0.5, 0.6) is 0 Å². The van der Waals surface area contributed by atoms with E-state index in [1.807, 2.05) is 0 Å². The lowest BCUT2D eigenvalue weighted by atomic mass is 10.1. The van der Waals surface area contributed by atoms with Gasteiger partial charge in [0.1, 0.15) is 0 Å². The Bertz CT molecular complexity index is 455. The van der Waals surface area contributed by atoms with E-state index in [1.54, 1.807) is 11.0 Å². The smallest absolute Gasteiger partial charge is 0.303 e. The highest BCUT2D eigenvalue weighted by Crippen LogP contribution is 2.24. The largest absolute Gasteiger partial charge is 0.614 e. The summed E-state index contributed by atoms with van der Waals surface area (Å²) in [7, 11) is 0. The minimum atomic E-state index is -1.22. The van der Waals surface area contributed by atoms with Crippen LogP contribution in [-0.4, -0.2) is 49.2 Å². The first-order chi connectivity index (χ1) is 12.0. The Balaban J connectivity index is 2.38. The molecule has 0 aromatic rings. The summed E-state index contributed by atoms with van der Waals surface area (Å²) in [6.07, 6.45) is 9.14. The van der Waals surface area contributed by atoms with Crippen LogP contribution in [-0.2, 0) is 20.8 Å². The maximum atomic E-state index is 12.2. The predicted molar refractivity (Wildman–Crippen MR) is 98.7 cm³/mol. The molecule has 0 radical (unpaired) electrons. The van der Waals surface area contributed by atoms with Crippen molar-refractivity contribution >= 4 is 23.1 Å². The Hall–Kier alpha value is -1.21.